The Morgan fingerprint density at radius 2 is 1.81 bits per heavy atom. The van der Waals surface area contributed by atoms with E-state index in [1.807, 2.05) is 18.2 Å². The summed E-state index contributed by atoms with van der Waals surface area (Å²) in [6, 6.07) is 17.0. The number of nitrogens with zero attached hydrogens (tertiary/aromatic N) is 3. The number of aliphatic hydroxyl groups excluding tert-OH is 1. The lowest BCUT2D eigenvalue weighted by atomic mass is 10.1. The van der Waals surface area contributed by atoms with Crippen molar-refractivity contribution in [3.05, 3.63) is 76.6 Å². The maximum absolute atomic E-state index is 12.4. The summed E-state index contributed by atoms with van der Waals surface area (Å²) < 4.78 is 0. The topological polar surface area (TPSA) is 80.0 Å². The number of carbonyl (C=O) groups excluding carboxylic acids is 1. The van der Waals surface area contributed by atoms with Crippen LogP contribution in [0.15, 0.2) is 54.6 Å². The molecule has 0 saturated carbocycles. The van der Waals surface area contributed by atoms with Crippen LogP contribution in [0.2, 0.25) is 5.02 Å². The first kappa shape index (κ1) is 18.1. The van der Waals surface area contributed by atoms with E-state index in [-0.39, 0.29) is 23.9 Å². The first-order valence-corrected chi connectivity index (χ1v) is 8.70. The van der Waals surface area contributed by atoms with E-state index in [2.05, 4.69) is 27.6 Å². The molecule has 0 fully saturated rings. The monoisotopic (exact) mass is 370 g/mol. The summed E-state index contributed by atoms with van der Waals surface area (Å²) in [4.78, 5) is 13.7. The maximum atomic E-state index is 12.4. The average Bonchev–Trinajstić information content (AvgIpc) is 3.11. The van der Waals surface area contributed by atoms with Gasteiger partial charge in [0.1, 0.15) is 5.69 Å². The Bertz CT molecular complexity index is 863. The van der Waals surface area contributed by atoms with Gasteiger partial charge in [-0.3, -0.25) is 4.79 Å². The van der Waals surface area contributed by atoms with Crippen LogP contribution in [0.25, 0.3) is 5.69 Å². The van der Waals surface area contributed by atoms with Gasteiger partial charge in [0.2, 0.25) is 0 Å². The molecule has 1 amide bonds. The van der Waals surface area contributed by atoms with Gasteiger partial charge in [-0.2, -0.15) is 4.80 Å². The fraction of sp³-hybridized carbons (Fsp3) is 0.211. The number of amides is 1. The zero-order valence-electron chi connectivity index (χ0n) is 14.1. The Kier molecular flexibility index (Phi) is 5.99. The van der Waals surface area contributed by atoms with Gasteiger partial charge in [-0.05, 0) is 42.7 Å². The van der Waals surface area contributed by atoms with Gasteiger partial charge in [0.25, 0.3) is 5.91 Å². The Morgan fingerprint density at radius 3 is 2.50 bits per heavy atom. The Balaban J connectivity index is 1.62. The van der Waals surface area contributed by atoms with Crippen LogP contribution in [-0.4, -0.2) is 32.6 Å². The summed E-state index contributed by atoms with van der Waals surface area (Å²) in [7, 11) is 0. The normalized spacial score (nSPS) is 10.7. The van der Waals surface area contributed by atoms with Gasteiger partial charge >= 0.3 is 0 Å². The lowest BCUT2D eigenvalue weighted by Gasteiger charge is -2.04. The third kappa shape index (κ3) is 4.47. The molecule has 1 aromatic heterocycles. The number of aromatic nitrogens is 3. The van der Waals surface area contributed by atoms with E-state index in [1.54, 1.807) is 24.3 Å². The van der Waals surface area contributed by atoms with Crippen molar-refractivity contribution in [2.75, 3.05) is 6.54 Å². The number of hydrogen-bond donors (Lipinski definition) is 2. The molecule has 3 aromatic rings. The Labute approximate surface area is 156 Å². The van der Waals surface area contributed by atoms with Crippen molar-refractivity contribution in [2.45, 2.75) is 19.4 Å². The average molecular weight is 371 g/mol. The highest BCUT2D eigenvalue weighted by atomic mass is 35.5. The number of hydrogen-bond acceptors (Lipinski definition) is 4. The minimum atomic E-state index is -0.361. The Morgan fingerprint density at radius 1 is 1.08 bits per heavy atom. The summed E-state index contributed by atoms with van der Waals surface area (Å²) >= 11 is 5.87. The summed E-state index contributed by atoms with van der Waals surface area (Å²) in [6.45, 7) is 0.159. The number of carbonyl (C=O) groups is 1. The SMILES string of the molecule is O=C(NCCCc1ccccc1)c1nn(-c2ccc(Cl)cc2)nc1CO. The third-order valence-corrected chi connectivity index (χ3v) is 4.13. The van der Waals surface area contributed by atoms with Crippen LogP contribution in [-0.2, 0) is 13.0 Å². The number of halogens is 1. The number of aryl methyl sites for hydroxylation is 1. The third-order valence-electron chi connectivity index (χ3n) is 3.88. The molecule has 0 radical (unpaired) electrons. The van der Waals surface area contributed by atoms with Gasteiger partial charge in [-0.15, -0.1) is 10.2 Å². The minimum absolute atomic E-state index is 0.127. The van der Waals surface area contributed by atoms with Crippen LogP contribution < -0.4 is 5.32 Å². The molecule has 6 nitrogen and oxygen atoms in total. The van der Waals surface area contributed by atoms with E-state index in [0.717, 1.165) is 12.8 Å². The maximum Gasteiger partial charge on any atom is 0.273 e. The van der Waals surface area contributed by atoms with Crippen LogP contribution >= 0.6 is 11.6 Å². The van der Waals surface area contributed by atoms with Crippen LogP contribution in [0.4, 0.5) is 0 Å². The molecule has 2 N–H and O–H groups in total. The van der Waals surface area contributed by atoms with Crippen molar-refractivity contribution in [3.8, 4) is 5.69 Å². The molecular formula is C19H19ClN4O2. The molecule has 7 heteroatoms. The molecule has 0 bridgehead atoms. The second-order valence-electron chi connectivity index (χ2n) is 5.76. The quantitative estimate of drug-likeness (QED) is 0.627. The second-order valence-corrected chi connectivity index (χ2v) is 6.20. The van der Waals surface area contributed by atoms with Crippen molar-refractivity contribution in [1.29, 1.82) is 0 Å². The zero-order valence-corrected chi connectivity index (χ0v) is 14.9. The Hall–Kier alpha value is -2.70. The van der Waals surface area contributed by atoms with Crippen LogP contribution in [0.1, 0.15) is 28.2 Å². The van der Waals surface area contributed by atoms with Crippen LogP contribution in [0.5, 0.6) is 0 Å². The number of nitrogens with one attached hydrogen (secondary N) is 1. The molecule has 134 valence electrons. The molecule has 0 aliphatic rings. The zero-order chi connectivity index (χ0) is 18.4. The fourth-order valence-corrected chi connectivity index (χ4v) is 2.66. The van der Waals surface area contributed by atoms with Gasteiger partial charge in [0.15, 0.2) is 5.69 Å². The highest BCUT2D eigenvalue weighted by Gasteiger charge is 2.18. The van der Waals surface area contributed by atoms with E-state index in [1.165, 1.54) is 10.4 Å². The molecule has 0 aliphatic carbocycles. The molecule has 0 aliphatic heterocycles. The summed E-state index contributed by atoms with van der Waals surface area (Å²) in [5.74, 6) is -0.345. The molecule has 0 unspecified atom stereocenters. The smallest absolute Gasteiger partial charge is 0.273 e. The molecular weight excluding hydrogens is 352 g/mol. The van der Waals surface area contributed by atoms with E-state index < -0.39 is 0 Å². The molecule has 3 rings (SSSR count). The first-order chi connectivity index (χ1) is 12.7. The molecule has 2 aromatic carbocycles. The second kappa shape index (κ2) is 8.60. The van der Waals surface area contributed by atoms with Gasteiger partial charge in [-0.25, -0.2) is 0 Å². The number of rotatable bonds is 7. The van der Waals surface area contributed by atoms with E-state index in [0.29, 0.717) is 17.3 Å². The summed E-state index contributed by atoms with van der Waals surface area (Å²) in [5.41, 5.74) is 2.25. The largest absolute Gasteiger partial charge is 0.390 e. The first-order valence-electron chi connectivity index (χ1n) is 8.32. The number of benzene rings is 2. The summed E-state index contributed by atoms with van der Waals surface area (Å²) in [5, 5.41) is 21.3. The fourth-order valence-electron chi connectivity index (χ4n) is 2.53. The van der Waals surface area contributed by atoms with E-state index in [9.17, 15) is 9.90 Å². The van der Waals surface area contributed by atoms with E-state index in [4.69, 9.17) is 11.6 Å². The van der Waals surface area contributed by atoms with E-state index >= 15 is 0 Å². The predicted octanol–water partition coefficient (Wildman–Crippen LogP) is 2.78. The molecule has 0 spiro atoms. The molecule has 26 heavy (non-hydrogen) atoms. The summed E-state index contributed by atoms with van der Waals surface area (Å²) in [6.07, 6.45) is 1.70. The standard InChI is InChI=1S/C19H19ClN4O2/c20-15-8-10-16(11-9-15)24-22-17(13-25)18(23-24)19(26)21-12-4-7-14-5-2-1-3-6-14/h1-3,5-6,8-11,25H,4,7,12-13H2,(H,21,26). The lowest BCUT2D eigenvalue weighted by molar-refractivity contribution is 0.0944. The van der Waals surface area contributed by atoms with Crippen molar-refractivity contribution >= 4 is 17.5 Å². The molecule has 1 heterocycles. The highest BCUT2D eigenvalue weighted by Crippen LogP contribution is 2.13. The molecule has 0 saturated heterocycles. The lowest BCUT2D eigenvalue weighted by Crippen LogP contribution is -2.26. The van der Waals surface area contributed by atoms with Crippen LogP contribution in [0, 0.1) is 0 Å². The minimum Gasteiger partial charge on any atom is -0.390 e. The van der Waals surface area contributed by atoms with Gasteiger partial charge < -0.3 is 10.4 Å². The van der Waals surface area contributed by atoms with Gasteiger partial charge in [0, 0.05) is 11.6 Å². The predicted molar refractivity (Wildman–Crippen MR) is 99.4 cm³/mol. The van der Waals surface area contributed by atoms with Crippen molar-refractivity contribution in [2.24, 2.45) is 0 Å². The van der Waals surface area contributed by atoms with Crippen molar-refractivity contribution in [3.63, 3.8) is 0 Å². The van der Waals surface area contributed by atoms with Gasteiger partial charge in [0.05, 0.1) is 12.3 Å². The van der Waals surface area contributed by atoms with Crippen molar-refractivity contribution in [1.82, 2.24) is 20.3 Å². The van der Waals surface area contributed by atoms with Gasteiger partial charge in [-0.1, -0.05) is 41.9 Å². The van der Waals surface area contributed by atoms with Crippen LogP contribution in [0.3, 0.4) is 0 Å². The number of aliphatic hydroxyl groups is 1. The highest BCUT2D eigenvalue weighted by molar-refractivity contribution is 6.30. The molecule has 0 atom stereocenters. The van der Waals surface area contributed by atoms with Crippen molar-refractivity contribution < 1.29 is 9.90 Å².